The Morgan fingerprint density at radius 3 is 1.50 bits per heavy atom. The highest BCUT2D eigenvalue weighted by molar-refractivity contribution is 5.83. The summed E-state index contributed by atoms with van der Waals surface area (Å²) in [6.45, 7) is 0. The second-order valence-electron chi connectivity index (χ2n) is 5.34. The first-order valence-corrected chi connectivity index (χ1v) is 7.39. The van der Waals surface area contributed by atoms with Gasteiger partial charge in [-0.2, -0.15) is 0 Å². The molecule has 0 bridgehead atoms. The van der Waals surface area contributed by atoms with Crippen LogP contribution in [0, 0.1) is 0 Å². The van der Waals surface area contributed by atoms with E-state index in [4.69, 9.17) is 0 Å². The number of H-pyrrole nitrogens is 2. The van der Waals surface area contributed by atoms with Crippen LogP contribution in [-0.4, -0.2) is 9.97 Å². The summed E-state index contributed by atoms with van der Waals surface area (Å²) in [6.07, 6.45) is 8.27. The van der Waals surface area contributed by atoms with Gasteiger partial charge in [-0.1, -0.05) is 48.6 Å². The Bertz CT molecular complexity index is 835. The van der Waals surface area contributed by atoms with Gasteiger partial charge in [-0.05, 0) is 47.2 Å². The molecule has 0 saturated heterocycles. The molecule has 2 aromatic carbocycles. The standard InChI is InChI=1S/C20H16N2/c1-5-11-19-15(7-1)13-17(21-19)9-3-4-10-18-14-16-8-2-6-12-20(16)22-18/h1-14,21-22H/b9-3+,10-4+. The summed E-state index contributed by atoms with van der Waals surface area (Å²) < 4.78 is 0. The van der Waals surface area contributed by atoms with Crippen molar-refractivity contribution in [2.24, 2.45) is 0 Å². The minimum Gasteiger partial charge on any atom is -0.355 e. The Labute approximate surface area is 128 Å². The molecule has 0 aliphatic rings. The van der Waals surface area contributed by atoms with Gasteiger partial charge in [0, 0.05) is 22.4 Å². The van der Waals surface area contributed by atoms with Gasteiger partial charge in [-0.3, -0.25) is 0 Å². The van der Waals surface area contributed by atoms with E-state index in [1.807, 2.05) is 12.1 Å². The maximum atomic E-state index is 3.39. The lowest BCUT2D eigenvalue weighted by Gasteiger charge is -1.85. The molecule has 0 aliphatic carbocycles. The van der Waals surface area contributed by atoms with Crippen LogP contribution in [0.3, 0.4) is 0 Å². The Hall–Kier alpha value is -3.00. The van der Waals surface area contributed by atoms with Crippen LogP contribution in [0.25, 0.3) is 34.0 Å². The summed E-state index contributed by atoms with van der Waals surface area (Å²) in [5.41, 5.74) is 4.56. The number of rotatable bonds is 3. The molecule has 106 valence electrons. The van der Waals surface area contributed by atoms with Crippen molar-refractivity contribution >= 4 is 34.0 Å². The average molecular weight is 284 g/mol. The van der Waals surface area contributed by atoms with E-state index in [0.717, 1.165) is 11.4 Å². The van der Waals surface area contributed by atoms with Gasteiger partial charge in [0.05, 0.1) is 0 Å². The van der Waals surface area contributed by atoms with Gasteiger partial charge in [0.25, 0.3) is 0 Å². The largest absolute Gasteiger partial charge is 0.355 e. The van der Waals surface area contributed by atoms with Crippen molar-refractivity contribution in [3.63, 3.8) is 0 Å². The summed E-state index contributed by atoms with van der Waals surface area (Å²) in [5, 5.41) is 2.48. The van der Waals surface area contributed by atoms with E-state index < -0.39 is 0 Å². The van der Waals surface area contributed by atoms with E-state index in [1.54, 1.807) is 0 Å². The van der Waals surface area contributed by atoms with Crippen LogP contribution >= 0.6 is 0 Å². The molecule has 0 saturated carbocycles. The second kappa shape index (κ2) is 5.41. The maximum absolute atomic E-state index is 3.39. The van der Waals surface area contributed by atoms with Crippen molar-refractivity contribution < 1.29 is 0 Å². The highest BCUT2D eigenvalue weighted by Gasteiger charge is 1.96. The lowest BCUT2D eigenvalue weighted by molar-refractivity contribution is 1.43. The number of para-hydroxylation sites is 2. The molecule has 4 rings (SSSR count). The predicted octanol–water partition coefficient (Wildman–Crippen LogP) is 5.38. The van der Waals surface area contributed by atoms with Crippen molar-refractivity contribution in [1.29, 1.82) is 0 Å². The number of aromatic nitrogens is 2. The molecule has 4 aromatic rings. The predicted molar refractivity (Wildman–Crippen MR) is 94.7 cm³/mol. The zero-order chi connectivity index (χ0) is 14.8. The molecule has 2 heteroatoms. The van der Waals surface area contributed by atoms with Crippen LogP contribution in [0.4, 0.5) is 0 Å². The molecule has 2 N–H and O–H groups in total. The molecule has 2 aromatic heterocycles. The minimum absolute atomic E-state index is 1.11. The molecule has 0 spiro atoms. The summed E-state index contributed by atoms with van der Waals surface area (Å²) >= 11 is 0. The summed E-state index contributed by atoms with van der Waals surface area (Å²) in [7, 11) is 0. The SMILES string of the molecule is C(/C=C/c1cc2ccccc2[nH]1)=C\c1cc2ccccc2[nH]1. The molecule has 0 fully saturated rings. The van der Waals surface area contributed by atoms with Crippen LogP contribution in [0.15, 0.2) is 72.8 Å². The molecule has 0 aliphatic heterocycles. The third-order valence-electron chi connectivity index (χ3n) is 3.76. The van der Waals surface area contributed by atoms with E-state index in [9.17, 15) is 0 Å². The Kier molecular flexibility index (Phi) is 3.13. The summed E-state index contributed by atoms with van der Waals surface area (Å²) in [6, 6.07) is 20.9. The first-order valence-electron chi connectivity index (χ1n) is 7.39. The zero-order valence-electron chi connectivity index (χ0n) is 12.1. The van der Waals surface area contributed by atoms with Crippen molar-refractivity contribution in [2.45, 2.75) is 0 Å². The number of hydrogen-bond acceptors (Lipinski definition) is 0. The molecular weight excluding hydrogens is 268 g/mol. The summed E-state index contributed by atoms with van der Waals surface area (Å²) in [5.74, 6) is 0. The van der Waals surface area contributed by atoms with E-state index >= 15 is 0 Å². The molecule has 0 amide bonds. The number of fused-ring (bicyclic) bond motifs is 2. The number of aromatic amines is 2. The van der Waals surface area contributed by atoms with Crippen molar-refractivity contribution in [2.75, 3.05) is 0 Å². The van der Waals surface area contributed by atoms with Crippen molar-refractivity contribution in [3.8, 4) is 0 Å². The molecule has 2 heterocycles. The topological polar surface area (TPSA) is 31.6 Å². The fourth-order valence-corrected chi connectivity index (χ4v) is 2.69. The molecule has 0 radical (unpaired) electrons. The molecule has 0 atom stereocenters. The average Bonchev–Trinajstić information content (AvgIpc) is 3.14. The fourth-order valence-electron chi connectivity index (χ4n) is 2.69. The van der Waals surface area contributed by atoms with Crippen LogP contribution in [0.5, 0.6) is 0 Å². The van der Waals surface area contributed by atoms with Gasteiger partial charge in [-0.25, -0.2) is 0 Å². The van der Waals surface area contributed by atoms with Crippen LogP contribution in [0.1, 0.15) is 11.4 Å². The van der Waals surface area contributed by atoms with E-state index in [0.29, 0.717) is 0 Å². The van der Waals surface area contributed by atoms with E-state index in [1.165, 1.54) is 21.8 Å². The van der Waals surface area contributed by atoms with E-state index in [-0.39, 0.29) is 0 Å². The van der Waals surface area contributed by atoms with Gasteiger partial charge in [0.2, 0.25) is 0 Å². The first kappa shape index (κ1) is 12.7. The number of nitrogens with one attached hydrogen (secondary N) is 2. The summed E-state index contributed by atoms with van der Waals surface area (Å²) in [4.78, 5) is 6.77. The van der Waals surface area contributed by atoms with Crippen molar-refractivity contribution in [1.82, 2.24) is 9.97 Å². The van der Waals surface area contributed by atoms with Gasteiger partial charge < -0.3 is 9.97 Å². The molecular formula is C20H16N2. The molecule has 0 unspecified atom stereocenters. The maximum Gasteiger partial charge on any atom is 0.0458 e. The third-order valence-corrected chi connectivity index (χ3v) is 3.76. The molecule has 2 nitrogen and oxygen atoms in total. The van der Waals surface area contributed by atoms with Gasteiger partial charge in [0.15, 0.2) is 0 Å². The molecule has 22 heavy (non-hydrogen) atoms. The Balaban J connectivity index is 1.53. The van der Waals surface area contributed by atoms with Gasteiger partial charge in [-0.15, -0.1) is 0 Å². The quantitative estimate of drug-likeness (QED) is 0.474. The first-order chi connectivity index (χ1) is 10.9. The highest BCUT2D eigenvalue weighted by Crippen LogP contribution is 2.17. The number of benzene rings is 2. The fraction of sp³-hybridized carbons (Fsp3) is 0. The zero-order valence-corrected chi connectivity index (χ0v) is 12.1. The van der Waals surface area contributed by atoms with E-state index in [2.05, 4.69) is 82.8 Å². The number of hydrogen-bond donors (Lipinski definition) is 2. The minimum atomic E-state index is 1.11. The smallest absolute Gasteiger partial charge is 0.0458 e. The second-order valence-corrected chi connectivity index (χ2v) is 5.34. The van der Waals surface area contributed by atoms with Crippen molar-refractivity contribution in [3.05, 3.63) is 84.2 Å². The highest BCUT2D eigenvalue weighted by atomic mass is 14.7. The normalized spacial score (nSPS) is 12.2. The monoisotopic (exact) mass is 284 g/mol. The lowest BCUT2D eigenvalue weighted by Crippen LogP contribution is -1.69. The Morgan fingerprint density at radius 1 is 0.591 bits per heavy atom. The van der Waals surface area contributed by atoms with Gasteiger partial charge in [0.1, 0.15) is 0 Å². The lowest BCUT2D eigenvalue weighted by atomic mass is 10.2. The Morgan fingerprint density at radius 2 is 1.05 bits per heavy atom. The number of allylic oxidation sites excluding steroid dienone is 2. The third kappa shape index (κ3) is 2.47. The van der Waals surface area contributed by atoms with Crippen LogP contribution in [0.2, 0.25) is 0 Å². The van der Waals surface area contributed by atoms with Gasteiger partial charge >= 0.3 is 0 Å². The van der Waals surface area contributed by atoms with Crippen LogP contribution < -0.4 is 0 Å². The van der Waals surface area contributed by atoms with Crippen LogP contribution in [-0.2, 0) is 0 Å².